The lowest BCUT2D eigenvalue weighted by Crippen LogP contribution is -2.22. The number of fused-ring (bicyclic) bond motifs is 1. The molecule has 5 heteroatoms. The monoisotopic (exact) mass is 274 g/mol. The van der Waals surface area contributed by atoms with Crippen molar-refractivity contribution in [2.75, 3.05) is 18.9 Å². The highest BCUT2D eigenvalue weighted by atomic mass is 16.5. The minimum Gasteiger partial charge on any atom is -0.383 e. The first kappa shape index (κ1) is 13.4. The molecular weight excluding hydrogens is 252 g/mol. The maximum Gasteiger partial charge on any atom is 0.146 e. The average molecular weight is 274 g/mol. The zero-order valence-electron chi connectivity index (χ0n) is 12.4. The third-order valence-corrected chi connectivity index (χ3v) is 4.30. The maximum absolute atomic E-state index is 6.08. The Kier molecular flexibility index (Phi) is 3.38. The van der Waals surface area contributed by atoms with Crippen molar-refractivity contribution in [3.8, 4) is 0 Å². The van der Waals surface area contributed by atoms with Crippen LogP contribution in [0.15, 0.2) is 0 Å². The van der Waals surface area contributed by atoms with Crippen LogP contribution < -0.4 is 5.73 Å². The normalized spacial score (nSPS) is 19.6. The highest BCUT2D eigenvalue weighted by Crippen LogP contribution is 2.29. The predicted octanol–water partition coefficient (Wildman–Crippen LogP) is 2.37. The van der Waals surface area contributed by atoms with E-state index in [2.05, 4.69) is 28.4 Å². The van der Waals surface area contributed by atoms with E-state index in [9.17, 15) is 0 Å². The molecule has 2 aromatic rings. The number of nitrogens with zero attached hydrogens (tertiary/aromatic N) is 3. The average Bonchev–Trinajstić information content (AvgIpc) is 2.65. The lowest BCUT2D eigenvalue weighted by atomic mass is 10.0. The molecule has 2 aromatic heterocycles. The Labute approximate surface area is 119 Å². The van der Waals surface area contributed by atoms with Crippen molar-refractivity contribution in [3.05, 3.63) is 17.1 Å². The molecule has 1 fully saturated rings. The van der Waals surface area contributed by atoms with Crippen LogP contribution in [0.5, 0.6) is 0 Å². The van der Waals surface area contributed by atoms with Gasteiger partial charge in [0.2, 0.25) is 0 Å². The van der Waals surface area contributed by atoms with E-state index in [1.807, 2.05) is 6.92 Å². The molecule has 0 spiro atoms. The number of anilines is 1. The van der Waals surface area contributed by atoms with Crippen LogP contribution >= 0.6 is 0 Å². The van der Waals surface area contributed by atoms with Crippen LogP contribution in [0.3, 0.4) is 0 Å². The summed E-state index contributed by atoms with van der Waals surface area (Å²) in [6.45, 7) is 8.82. The third-order valence-electron chi connectivity index (χ3n) is 4.30. The van der Waals surface area contributed by atoms with Gasteiger partial charge in [0, 0.05) is 24.8 Å². The smallest absolute Gasteiger partial charge is 0.146 e. The first-order valence-corrected chi connectivity index (χ1v) is 7.25. The number of aromatic nitrogens is 3. The van der Waals surface area contributed by atoms with Gasteiger partial charge in [-0.3, -0.25) is 0 Å². The molecule has 0 bridgehead atoms. The van der Waals surface area contributed by atoms with E-state index in [-0.39, 0.29) is 0 Å². The van der Waals surface area contributed by atoms with Crippen molar-refractivity contribution in [1.82, 2.24) is 14.5 Å². The summed E-state index contributed by atoms with van der Waals surface area (Å²) in [5, 5.41) is 1.00. The standard InChI is InChI=1S/C15H22N4O/c1-9-10(2)19(7-12-5-4-6-20-8-12)15-13(9)14(16)17-11(3)18-15/h12H,4-8H2,1-3H3,(H2,16,17,18). The predicted molar refractivity (Wildman–Crippen MR) is 79.7 cm³/mol. The second-order valence-electron chi connectivity index (χ2n) is 5.76. The number of ether oxygens (including phenoxy) is 1. The van der Waals surface area contributed by atoms with Crippen molar-refractivity contribution in [2.24, 2.45) is 5.92 Å². The van der Waals surface area contributed by atoms with Gasteiger partial charge >= 0.3 is 0 Å². The lowest BCUT2D eigenvalue weighted by molar-refractivity contribution is 0.0486. The van der Waals surface area contributed by atoms with E-state index in [4.69, 9.17) is 10.5 Å². The molecule has 20 heavy (non-hydrogen) atoms. The van der Waals surface area contributed by atoms with Gasteiger partial charge < -0.3 is 15.0 Å². The SMILES string of the molecule is Cc1nc(N)c2c(C)c(C)n(CC3CCCOC3)c2n1. The maximum atomic E-state index is 6.08. The summed E-state index contributed by atoms with van der Waals surface area (Å²) in [7, 11) is 0. The van der Waals surface area contributed by atoms with Gasteiger partial charge in [-0.1, -0.05) is 0 Å². The largest absolute Gasteiger partial charge is 0.383 e. The van der Waals surface area contributed by atoms with Crippen molar-refractivity contribution in [1.29, 1.82) is 0 Å². The van der Waals surface area contributed by atoms with Crippen LogP contribution in [0.4, 0.5) is 5.82 Å². The third kappa shape index (κ3) is 2.16. The van der Waals surface area contributed by atoms with Gasteiger partial charge in [-0.25, -0.2) is 9.97 Å². The fourth-order valence-electron chi connectivity index (χ4n) is 3.11. The Morgan fingerprint density at radius 2 is 2.10 bits per heavy atom. The molecule has 0 amide bonds. The second kappa shape index (κ2) is 5.05. The Bertz CT molecular complexity index is 641. The van der Waals surface area contributed by atoms with E-state index in [1.165, 1.54) is 17.7 Å². The zero-order valence-corrected chi connectivity index (χ0v) is 12.4. The topological polar surface area (TPSA) is 66.0 Å². The molecule has 0 aliphatic carbocycles. The first-order chi connectivity index (χ1) is 9.58. The Morgan fingerprint density at radius 3 is 2.80 bits per heavy atom. The summed E-state index contributed by atoms with van der Waals surface area (Å²) < 4.78 is 7.88. The minimum absolute atomic E-state index is 0.564. The van der Waals surface area contributed by atoms with Crippen molar-refractivity contribution >= 4 is 16.9 Å². The zero-order chi connectivity index (χ0) is 14.3. The van der Waals surface area contributed by atoms with E-state index in [1.54, 1.807) is 0 Å². The molecule has 1 aliphatic heterocycles. The summed E-state index contributed by atoms with van der Waals surface area (Å²) in [4.78, 5) is 8.91. The highest BCUT2D eigenvalue weighted by Gasteiger charge is 2.20. The van der Waals surface area contributed by atoms with Gasteiger partial charge in [0.15, 0.2) is 0 Å². The number of nitrogen functional groups attached to an aromatic ring is 1. The Balaban J connectivity index is 2.07. The molecule has 1 unspecified atom stereocenters. The number of nitrogens with two attached hydrogens (primary N) is 1. The van der Waals surface area contributed by atoms with E-state index >= 15 is 0 Å². The second-order valence-corrected chi connectivity index (χ2v) is 5.76. The van der Waals surface area contributed by atoms with Crippen LogP contribution in [0.2, 0.25) is 0 Å². The minimum atomic E-state index is 0.564. The Morgan fingerprint density at radius 1 is 1.30 bits per heavy atom. The molecule has 0 aromatic carbocycles. The molecule has 0 radical (unpaired) electrons. The summed E-state index contributed by atoms with van der Waals surface area (Å²) >= 11 is 0. The van der Waals surface area contributed by atoms with E-state index < -0.39 is 0 Å². The molecule has 2 N–H and O–H groups in total. The summed E-state index contributed by atoms with van der Waals surface area (Å²) in [6.07, 6.45) is 2.37. The molecule has 5 nitrogen and oxygen atoms in total. The summed E-state index contributed by atoms with van der Waals surface area (Å²) in [6, 6.07) is 0. The van der Waals surface area contributed by atoms with Crippen LogP contribution in [0.1, 0.15) is 29.9 Å². The summed E-state index contributed by atoms with van der Waals surface area (Å²) in [5.41, 5.74) is 9.47. The van der Waals surface area contributed by atoms with Gasteiger partial charge in [0.05, 0.1) is 12.0 Å². The number of hydrogen-bond donors (Lipinski definition) is 1. The van der Waals surface area contributed by atoms with Crippen molar-refractivity contribution in [3.63, 3.8) is 0 Å². The highest BCUT2D eigenvalue weighted by molar-refractivity contribution is 5.91. The van der Waals surface area contributed by atoms with Crippen molar-refractivity contribution < 1.29 is 4.74 Å². The molecule has 3 heterocycles. The van der Waals surface area contributed by atoms with Gasteiger partial charge in [-0.05, 0) is 39.2 Å². The van der Waals surface area contributed by atoms with Crippen LogP contribution in [0, 0.1) is 26.7 Å². The van der Waals surface area contributed by atoms with Gasteiger partial charge in [-0.15, -0.1) is 0 Å². The van der Waals surface area contributed by atoms with Gasteiger partial charge in [-0.2, -0.15) is 0 Å². The quantitative estimate of drug-likeness (QED) is 0.913. The molecule has 1 saturated heterocycles. The first-order valence-electron chi connectivity index (χ1n) is 7.25. The molecule has 0 saturated carbocycles. The lowest BCUT2D eigenvalue weighted by Gasteiger charge is -2.23. The molecule has 1 atom stereocenters. The van der Waals surface area contributed by atoms with Crippen LogP contribution in [-0.2, 0) is 11.3 Å². The molecular formula is C15H22N4O. The van der Waals surface area contributed by atoms with E-state index in [0.29, 0.717) is 11.7 Å². The Hall–Kier alpha value is -1.62. The summed E-state index contributed by atoms with van der Waals surface area (Å²) in [5.74, 6) is 1.88. The molecule has 3 rings (SSSR count). The van der Waals surface area contributed by atoms with Crippen LogP contribution in [-0.4, -0.2) is 27.7 Å². The van der Waals surface area contributed by atoms with Gasteiger partial charge in [0.25, 0.3) is 0 Å². The van der Waals surface area contributed by atoms with Crippen LogP contribution in [0.25, 0.3) is 11.0 Å². The molecule has 1 aliphatic rings. The fourth-order valence-corrected chi connectivity index (χ4v) is 3.11. The van der Waals surface area contributed by atoms with E-state index in [0.717, 1.165) is 43.0 Å². The number of hydrogen-bond acceptors (Lipinski definition) is 4. The fraction of sp³-hybridized carbons (Fsp3) is 0.600. The number of rotatable bonds is 2. The molecule has 108 valence electrons. The van der Waals surface area contributed by atoms with Gasteiger partial charge in [0.1, 0.15) is 17.3 Å². The van der Waals surface area contributed by atoms with Crippen molar-refractivity contribution in [2.45, 2.75) is 40.2 Å². The number of aryl methyl sites for hydroxylation is 2.